The molecule has 7 nitrogen and oxygen atoms in total. The third-order valence-corrected chi connectivity index (χ3v) is 7.25. The molecule has 0 amide bonds. The number of aryl methyl sites for hydroxylation is 2. The number of pyridine rings is 3. The molecule has 0 unspecified atom stereocenters. The van der Waals surface area contributed by atoms with Crippen LogP contribution in [0.3, 0.4) is 0 Å². The van der Waals surface area contributed by atoms with E-state index in [1.807, 2.05) is 0 Å². The number of nitriles is 1. The van der Waals surface area contributed by atoms with Gasteiger partial charge >= 0.3 is 0 Å². The van der Waals surface area contributed by atoms with Crippen LogP contribution in [0.25, 0.3) is 21.9 Å². The van der Waals surface area contributed by atoms with Crippen molar-refractivity contribution in [3.8, 4) is 6.07 Å². The average Bonchev–Trinajstić information content (AvgIpc) is 2.82. The Morgan fingerprint density at radius 1 is 1.00 bits per heavy atom. The average molecular weight is 517 g/mol. The van der Waals surface area contributed by atoms with Gasteiger partial charge in [-0.2, -0.15) is 5.26 Å². The molecule has 4 heterocycles. The largest absolute Gasteiger partial charge is 0.363 e. The molecule has 1 fully saturated rings. The third kappa shape index (κ3) is 3.70. The van der Waals surface area contributed by atoms with Crippen LogP contribution in [0.2, 0.25) is 0 Å². The van der Waals surface area contributed by atoms with Crippen molar-refractivity contribution in [1.29, 1.82) is 5.26 Å². The minimum Gasteiger partial charge on any atom is -0.363 e. The highest BCUT2D eigenvalue weighted by molar-refractivity contribution is 9.10. The second kappa shape index (κ2) is 8.41. The molecule has 1 aliphatic rings. The van der Waals surface area contributed by atoms with Crippen molar-refractivity contribution in [2.75, 3.05) is 22.9 Å². The maximum Gasteiger partial charge on any atom is 0.252 e. The van der Waals surface area contributed by atoms with Crippen LogP contribution in [0, 0.1) is 18.3 Å². The molecule has 2 atom stereocenters. The van der Waals surface area contributed by atoms with Crippen molar-refractivity contribution in [1.82, 2.24) is 14.5 Å². The van der Waals surface area contributed by atoms with Gasteiger partial charge in [0.15, 0.2) is 0 Å². The summed E-state index contributed by atoms with van der Waals surface area (Å²) >= 11 is 3.67. The first-order valence-corrected chi connectivity index (χ1v) is 12.1. The fraction of sp³-hybridized carbons (Fsp3) is 0.308. The summed E-state index contributed by atoms with van der Waals surface area (Å²) in [6.45, 7) is 7.85. The number of anilines is 2. The van der Waals surface area contributed by atoms with E-state index < -0.39 is 0 Å². The Bertz CT molecular complexity index is 1540. The van der Waals surface area contributed by atoms with Crippen LogP contribution < -0.4 is 15.4 Å². The predicted molar refractivity (Wildman–Crippen MR) is 139 cm³/mol. The maximum absolute atomic E-state index is 12.7. The topological polar surface area (TPSA) is 78.0 Å². The number of benzene rings is 1. The molecule has 1 aliphatic heterocycles. The minimum absolute atomic E-state index is 0.0902. The van der Waals surface area contributed by atoms with Gasteiger partial charge in [0.2, 0.25) is 0 Å². The number of rotatable bonds is 2. The lowest BCUT2D eigenvalue weighted by Crippen LogP contribution is -2.57. The molecule has 34 heavy (non-hydrogen) atoms. The molecule has 4 aromatic rings. The van der Waals surface area contributed by atoms with Crippen LogP contribution in [-0.4, -0.2) is 39.7 Å². The van der Waals surface area contributed by atoms with Crippen LogP contribution >= 0.6 is 15.9 Å². The van der Waals surface area contributed by atoms with Crippen LogP contribution in [-0.2, 0) is 7.05 Å². The first-order valence-electron chi connectivity index (χ1n) is 11.3. The van der Waals surface area contributed by atoms with Crippen molar-refractivity contribution in [2.45, 2.75) is 32.9 Å². The normalized spacial score (nSPS) is 18.5. The number of aromatic nitrogens is 3. The van der Waals surface area contributed by atoms with Gasteiger partial charge in [-0.1, -0.05) is 0 Å². The second-order valence-electron chi connectivity index (χ2n) is 9.09. The van der Waals surface area contributed by atoms with E-state index in [1.165, 1.54) is 5.56 Å². The zero-order valence-corrected chi connectivity index (χ0v) is 21.2. The van der Waals surface area contributed by atoms with Gasteiger partial charge in [-0.25, -0.2) is 9.97 Å². The van der Waals surface area contributed by atoms with E-state index in [4.69, 9.17) is 4.98 Å². The van der Waals surface area contributed by atoms with Gasteiger partial charge in [-0.3, -0.25) is 4.79 Å². The van der Waals surface area contributed by atoms with Crippen LogP contribution in [0.4, 0.5) is 11.5 Å². The molecule has 0 radical (unpaired) electrons. The first-order chi connectivity index (χ1) is 16.3. The molecule has 0 bridgehead atoms. The molecule has 1 saturated heterocycles. The Morgan fingerprint density at radius 2 is 1.74 bits per heavy atom. The molecule has 172 valence electrons. The Balaban J connectivity index is 1.53. The standard InChI is InChI=1S/C26H25BrN6O/c1-15-9-18-5-8-23(30-25(18)20(27)10-15)33-14-16(2)32(13-17(33)3)22-11-24(34)31(4)21-7-6-19(12-28)29-26(21)22/h5-11,16-17H,13-14H2,1-4H3/t16-,17-/m0/s1. The summed E-state index contributed by atoms with van der Waals surface area (Å²) in [6, 6.07) is 15.9. The van der Waals surface area contributed by atoms with E-state index in [2.05, 4.69) is 81.8 Å². The molecule has 3 aromatic heterocycles. The van der Waals surface area contributed by atoms with Crippen LogP contribution in [0.5, 0.6) is 0 Å². The number of nitrogens with zero attached hydrogens (tertiary/aromatic N) is 6. The first kappa shape index (κ1) is 22.4. The summed E-state index contributed by atoms with van der Waals surface area (Å²) in [5.74, 6) is 0.940. The summed E-state index contributed by atoms with van der Waals surface area (Å²) in [5.41, 5.74) is 4.58. The van der Waals surface area contributed by atoms with Gasteiger partial charge in [0.1, 0.15) is 23.1 Å². The number of piperazine rings is 1. The number of hydrogen-bond donors (Lipinski definition) is 0. The fourth-order valence-electron chi connectivity index (χ4n) is 4.86. The molecule has 1 aromatic carbocycles. The smallest absolute Gasteiger partial charge is 0.252 e. The highest BCUT2D eigenvalue weighted by atomic mass is 79.9. The molecule has 0 aliphatic carbocycles. The van der Waals surface area contributed by atoms with Gasteiger partial charge in [0.25, 0.3) is 5.56 Å². The summed E-state index contributed by atoms with van der Waals surface area (Å²) in [7, 11) is 1.73. The molecule has 5 rings (SSSR count). The lowest BCUT2D eigenvalue weighted by atomic mass is 10.1. The van der Waals surface area contributed by atoms with E-state index >= 15 is 0 Å². The number of hydrogen-bond acceptors (Lipinski definition) is 6. The third-order valence-electron chi connectivity index (χ3n) is 6.65. The Hall–Kier alpha value is -3.44. The van der Waals surface area contributed by atoms with Crippen molar-refractivity contribution in [3.63, 3.8) is 0 Å². The van der Waals surface area contributed by atoms with Crippen LogP contribution in [0.1, 0.15) is 25.1 Å². The van der Waals surface area contributed by atoms with Gasteiger partial charge in [0, 0.05) is 48.1 Å². The predicted octanol–water partition coefficient (Wildman–Crippen LogP) is 4.53. The van der Waals surface area contributed by atoms with Gasteiger partial charge in [-0.15, -0.1) is 0 Å². The monoisotopic (exact) mass is 516 g/mol. The minimum atomic E-state index is -0.0902. The summed E-state index contributed by atoms with van der Waals surface area (Å²) in [6.07, 6.45) is 0. The van der Waals surface area contributed by atoms with Crippen molar-refractivity contribution in [2.24, 2.45) is 7.05 Å². The zero-order chi connectivity index (χ0) is 24.1. The Kier molecular flexibility index (Phi) is 5.53. The summed E-state index contributed by atoms with van der Waals surface area (Å²) in [4.78, 5) is 26.8. The molecular formula is C26H25BrN6O. The molecule has 0 saturated carbocycles. The van der Waals surface area contributed by atoms with E-state index in [-0.39, 0.29) is 17.6 Å². The van der Waals surface area contributed by atoms with Gasteiger partial charge in [0.05, 0.1) is 16.7 Å². The SMILES string of the molecule is Cc1cc(Br)c2nc(N3C[C@H](C)N(c4cc(=O)n(C)c5ccc(C#N)nc45)C[C@@H]3C)ccc2c1. The van der Waals surface area contributed by atoms with Gasteiger partial charge in [-0.05, 0) is 78.7 Å². The lowest BCUT2D eigenvalue weighted by molar-refractivity contribution is 0.478. The van der Waals surface area contributed by atoms with Crippen molar-refractivity contribution >= 4 is 49.4 Å². The Morgan fingerprint density at radius 3 is 2.50 bits per heavy atom. The van der Waals surface area contributed by atoms with E-state index in [0.29, 0.717) is 17.8 Å². The Labute approximate surface area is 206 Å². The van der Waals surface area contributed by atoms with E-state index in [1.54, 1.807) is 29.8 Å². The highest BCUT2D eigenvalue weighted by Crippen LogP contribution is 2.32. The number of fused-ring (bicyclic) bond motifs is 2. The van der Waals surface area contributed by atoms with Crippen molar-refractivity contribution < 1.29 is 0 Å². The molecule has 8 heteroatoms. The maximum atomic E-state index is 12.7. The number of halogens is 1. The van der Waals surface area contributed by atoms with Crippen LogP contribution in [0.15, 0.2) is 51.7 Å². The fourth-order valence-corrected chi connectivity index (χ4v) is 5.54. The lowest BCUT2D eigenvalue weighted by Gasteiger charge is -2.46. The summed E-state index contributed by atoms with van der Waals surface area (Å²) < 4.78 is 2.57. The second-order valence-corrected chi connectivity index (χ2v) is 9.95. The highest BCUT2D eigenvalue weighted by Gasteiger charge is 2.32. The van der Waals surface area contributed by atoms with E-state index in [9.17, 15) is 10.1 Å². The molecular weight excluding hydrogens is 492 g/mol. The van der Waals surface area contributed by atoms with Gasteiger partial charge < -0.3 is 14.4 Å². The molecule has 0 N–H and O–H groups in total. The molecule has 0 spiro atoms. The van der Waals surface area contributed by atoms with Crippen molar-refractivity contribution in [3.05, 3.63) is 68.5 Å². The van der Waals surface area contributed by atoms with E-state index in [0.717, 1.165) is 38.9 Å². The summed E-state index contributed by atoms with van der Waals surface area (Å²) in [5, 5.41) is 10.5. The zero-order valence-electron chi connectivity index (χ0n) is 19.6. The quantitative estimate of drug-likeness (QED) is 0.389.